The fourth-order valence-corrected chi connectivity index (χ4v) is 4.00. The number of likely N-dealkylation sites (tertiary alicyclic amines) is 1. The molecule has 1 N–H and O–H groups in total. The summed E-state index contributed by atoms with van der Waals surface area (Å²) in [4.78, 5) is 27.5. The molecule has 0 saturated carbocycles. The first kappa shape index (κ1) is 20.8. The Kier molecular flexibility index (Phi) is 5.84. The number of para-hydroxylation sites is 1. The molecular formula is C24H25NO6. The number of rotatable bonds is 6. The Bertz CT molecular complexity index is 1040. The molecule has 2 aromatic carbocycles. The maximum atomic E-state index is 13.1. The first-order valence-corrected chi connectivity index (χ1v) is 10.4. The van der Waals surface area contributed by atoms with Gasteiger partial charge in [-0.3, -0.25) is 9.59 Å². The Labute approximate surface area is 180 Å². The van der Waals surface area contributed by atoms with E-state index >= 15 is 0 Å². The monoisotopic (exact) mass is 423 g/mol. The number of benzene rings is 2. The van der Waals surface area contributed by atoms with E-state index in [1.807, 2.05) is 25.1 Å². The maximum Gasteiger partial charge on any atom is 0.295 e. The van der Waals surface area contributed by atoms with Crippen LogP contribution >= 0.6 is 0 Å². The minimum Gasteiger partial charge on any atom is -0.507 e. The van der Waals surface area contributed by atoms with Gasteiger partial charge in [0.15, 0.2) is 11.5 Å². The molecule has 31 heavy (non-hydrogen) atoms. The maximum absolute atomic E-state index is 13.1. The Morgan fingerprint density at radius 2 is 1.87 bits per heavy atom. The van der Waals surface area contributed by atoms with Crippen molar-refractivity contribution in [2.75, 3.05) is 26.9 Å². The lowest BCUT2D eigenvalue weighted by Gasteiger charge is -2.26. The van der Waals surface area contributed by atoms with Crippen molar-refractivity contribution in [2.45, 2.75) is 25.8 Å². The third kappa shape index (κ3) is 3.71. The number of aliphatic hydroxyl groups excluding tert-OH is 1. The number of hydrogen-bond donors (Lipinski definition) is 1. The lowest BCUT2D eigenvalue weighted by molar-refractivity contribution is -0.139. The highest BCUT2D eigenvalue weighted by molar-refractivity contribution is 6.46. The highest BCUT2D eigenvalue weighted by atomic mass is 16.6. The molecule has 2 aliphatic rings. The van der Waals surface area contributed by atoms with Crippen molar-refractivity contribution in [1.29, 1.82) is 0 Å². The van der Waals surface area contributed by atoms with Gasteiger partial charge in [-0.15, -0.1) is 0 Å². The van der Waals surface area contributed by atoms with Crippen LogP contribution in [0.4, 0.5) is 0 Å². The second-order valence-electron chi connectivity index (χ2n) is 7.45. The zero-order valence-electron chi connectivity index (χ0n) is 17.6. The summed E-state index contributed by atoms with van der Waals surface area (Å²) in [6, 6.07) is 11.5. The van der Waals surface area contributed by atoms with E-state index in [2.05, 4.69) is 0 Å². The summed E-state index contributed by atoms with van der Waals surface area (Å²) < 4.78 is 16.6. The van der Waals surface area contributed by atoms with E-state index in [0.717, 1.165) is 12.8 Å². The minimum absolute atomic E-state index is 0.0438. The predicted molar refractivity (Wildman–Crippen MR) is 114 cm³/mol. The van der Waals surface area contributed by atoms with Crippen LogP contribution in [0.1, 0.15) is 36.9 Å². The van der Waals surface area contributed by atoms with Crippen LogP contribution < -0.4 is 14.2 Å². The van der Waals surface area contributed by atoms with Gasteiger partial charge in [0, 0.05) is 17.7 Å². The van der Waals surface area contributed by atoms with Crippen LogP contribution in [-0.2, 0) is 9.59 Å². The summed E-state index contributed by atoms with van der Waals surface area (Å²) in [6.45, 7) is 3.28. The second-order valence-corrected chi connectivity index (χ2v) is 7.45. The van der Waals surface area contributed by atoms with Crippen molar-refractivity contribution in [1.82, 2.24) is 4.90 Å². The molecule has 4 rings (SSSR count). The molecule has 7 nitrogen and oxygen atoms in total. The highest BCUT2D eigenvalue weighted by Gasteiger charge is 2.46. The van der Waals surface area contributed by atoms with Crippen molar-refractivity contribution in [3.63, 3.8) is 0 Å². The Morgan fingerprint density at radius 3 is 2.61 bits per heavy atom. The quantitative estimate of drug-likeness (QED) is 0.433. The van der Waals surface area contributed by atoms with Gasteiger partial charge in [0.25, 0.3) is 11.7 Å². The van der Waals surface area contributed by atoms with Gasteiger partial charge in [0.2, 0.25) is 0 Å². The van der Waals surface area contributed by atoms with E-state index in [0.29, 0.717) is 48.1 Å². The number of carbonyl (C=O) groups excluding carboxylic acids is 2. The molecule has 1 saturated heterocycles. The standard InChI is InChI=1S/C24H25NO6/c1-3-4-11-25-21(16-7-5-6-8-17(16)29-2)20(23(27)24(25)28)22(26)15-9-10-18-19(14-15)31-13-12-30-18/h5-10,14,21,26H,3-4,11-13H2,1-2H3/b22-20+. The van der Waals surface area contributed by atoms with Crippen LogP contribution in [0.2, 0.25) is 0 Å². The molecule has 0 aromatic heterocycles. The zero-order chi connectivity index (χ0) is 22.0. The Hall–Kier alpha value is -3.48. The summed E-state index contributed by atoms with van der Waals surface area (Å²) in [5, 5.41) is 11.2. The normalized spacial score (nSPS) is 19.5. The third-order valence-electron chi connectivity index (χ3n) is 5.54. The summed E-state index contributed by atoms with van der Waals surface area (Å²) in [6.07, 6.45) is 1.60. The average Bonchev–Trinajstić information content (AvgIpc) is 3.06. The SMILES string of the molecule is CCCCN1C(=O)C(=O)/C(=C(/O)c2ccc3c(c2)OCCO3)C1c1ccccc1OC. The van der Waals surface area contributed by atoms with E-state index < -0.39 is 17.7 Å². The summed E-state index contributed by atoms with van der Waals surface area (Å²) in [5.74, 6) is 0.0360. The van der Waals surface area contributed by atoms with Gasteiger partial charge in [0.1, 0.15) is 24.7 Å². The lowest BCUT2D eigenvalue weighted by Crippen LogP contribution is -2.30. The molecule has 162 valence electrons. The van der Waals surface area contributed by atoms with Crippen molar-refractivity contribution >= 4 is 17.4 Å². The topological polar surface area (TPSA) is 85.3 Å². The average molecular weight is 423 g/mol. The first-order valence-electron chi connectivity index (χ1n) is 10.4. The van der Waals surface area contributed by atoms with Crippen molar-refractivity contribution in [3.05, 3.63) is 59.2 Å². The van der Waals surface area contributed by atoms with E-state index in [1.54, 1.807) is 24.3 Å². The number of ether oxygens (including phenoxy) is 3. The van der Waals surface area contributed by atoms with Gasteiger partial charge in [0.05, 0.1) is 18.7 Å². The van der Waals surface area contributed by atoms with Crippen molar-refractivity contribution in [3.8, 4) is 17.2 Å². The summed E-state index contributed by atoms with van der Waals surface area (Å²) in [5.41, 5.74) is 1.08. The van der Waals surface area contributed by atoms with E-state index in [1.165, 1.54) is 12.0 Å². The van der Waals surface area contributed by atoms with Gasteiger partial charge in [-0.1, -0.05) is 31.5 Å². The van der Waals surface area contributed by atoms with Crippen LogP contribution in [0.25, 0.3) is 5.76 Å². The molecule has 7 heteroatoms. The highest BCUT2D eigenvalue weighted by Crippen LogP contribution is 2.43. The molecular weight excluding hydrogens is 398 g/mol. The van der Waals surface area contributed by atoms with Crippen molar-refractivity contribution < 1.29 is 28.9 Å². The molecule has 1 amide bonds. The molecule has 0 radical (unpaired) electrons. The lowest BCUT2D eigenvalue weighted by atomic mass is 9.94. The molecule has 1 atom stereocenters. The van der Waals surface area contributed by atoms with Gasteiger partial charge in [-0.05, 0) is 30.7 Å². The van der Waals surface area contributed by atoms with Crippen LogP contribution in [0.15, 0.2) is 48.0 Å². The number of amides is 1. The molecule has 2 aromatic rings. The number of nitrogens with zero attached hydrogens (tertiary/aromatic N) is 1. The van der Waals surface area contributed by atoms with Gasteiger partial charge >= 0.3 is 0 Å². The minimum atomic E-state index is -0.740. The van der Waals surface area contributed by atoms with Gasteiger partial charge < -0.3 is 24.2 Å². The number of fused-ring (bicyclic) bond motifs is 1. The molecule has 0 bridgehead atoms. The zero-order valence-corrected chi connectivity index (χ0v) is 17.6. The Balaban J connectivity index is 1.86. The van der Waals surface area contributed by atoms with Crippen LogP contribution in [0.5, 0.6) is 17.2 Å². The number of methoxy groups -OCH3 is 1. The number of aliphatic hydroxyl groups is 1. The smallest absolute Gasteiger partial charge is 0.295 e. The Morgan fingerprint density at radius 1 is 1.13 bits per heavy atom. The molecule has 2 aliphatic heterocycles. The summed E-state index contributed by atoms with van der Waals surface area (Å²) >= 11 is 0. The first-order chi connectivity index (χ1) is 15.1. The number of ketones is 1. The third-order valence-corrected chi connectivity index (χ3v) is 5.54. The fraction of sp³-hybridized carbons (Fsp3) is 0.333. The van der Waals surface area contributed by atoms with Crippen LogP contribution in [0, 0.1) is 0 Å². The molecule has 1 unspecified atom stereocenters. The number of carbonyl (C=O) groups is 2. The van der Waals surface area contributed by atoms with Crippen molar-refractivity contribution in [2.24, 2.45) is 0 Å². The van der Waals surface area contributed by atoms with E-state index in [4.69, 9.17) is 14.2 Å². The second kappa shape index (κ2) is 8.71. The largest absolute Gasteiger partial charge is 0.507 e. The van der Waals surface area contributed by atoms with E-state index in [9.17, 15) is 14.7 Å². The number of Topliss-reactive ketones (excluding diaryl/α,β-unsaturated/α-hetero) is 1. The number of unbranched alkanes of at least 4 members (excludes halogenated alkanes) is 1. The van der Waals surface area contributed by atoms with Crippen LogP contribution in [0.3, 0.4) is 0 Å². The molecule has 1 fully saturated rings. The molecule has 2 heterocycles. The predicted octanol–water partition coefficient (Wildman–Crippen LogP) is 3.69. The van der Waals surface area contributed by atoms with Gasteiger partial charge in [-0.25, -0.2) is 0 Å². The van der Waals surface area contributed by atoms with Gasteiger partial charge in [-0.2, -0.15) is 0 Å². The fourth-order valence-electron chi connectivity index (χ4n) is 4.00. The number of hydrogen-bond acceptors (Lipinski definition) is 6. The molecule has 0 spiro atoms. The summed E-state index contributed by atoms with van der Waals surface area (Å²) in [7, 11) is 1.54. The molecule has 0 aliphatic carbocycles. The van der Waals surface area contributed by atoms with Crippen LogP contribution in [-0.4, -0.2) is 48.6 Å². The van der Waals surface area contributed by atoms with E-state index in [-0.39, 0.29) is 11.3 Å².